The van der Waals surface area contributed by atoms with Crippen molar-refractivity contribution in [3.05, 3.63) is 11.6 Å². The Balaban J connectivity index is 2.37. The van der Waals surface area contributed by atoms with Crippen molar-refractivity contribution >= 4 is 17.7 Å². The normalized spacial score (nSPS) is 33.3. The SMILES string of the molecule is CC(=O)[C@H]1C[C@@H]2OC(=O)[C@H]1C=C2C(=O)O. The second-order valence-corrected chi connectivity index (χ2v) is 3.83. The van der Waals surface area contributed by atoms with Crippen molar-refractivity contribution in [3.63, 3.8) is 0 Å². The molecule has 1 fully saturated rings. The Labute approximate surface area is 85.7 Å². The molecule has 0 aromatic carbocycles. The number of aliphatic carboxylic acids is 1. The molecule has 0 radical (unpaired) electrons. The molecule has 15 heavy (non-hydrogen) atoms. The van der Waals surface area contributed by atoms with Gasteiger partial charge in [-0.05, 0) is 13.3 Å². The van der Waals surface area contributed by atoms with Crippen molar-refractivity contribution in [2.24, 2.45) is 11.8 Å². The molecule has 2 bridgehead atoms. The smallest absolute Gasteiger partial charge is 0.335 e. The lowest BCUT2D eigenvalue weighted by Crippen LogP contribution is -2.46. The van der Waals surface area contributed by atoms with Crippen LogP contribution in [0.1, 0.15) is 13.3 Å². The van der Waals surface area contributed by atoms with Crippen molar-refractivity contribution in [2.45, 2.75) is 19.4 Å². The van der Waals surface area contributed by atoms with Gasteiger partial charge in [-0.3, -0.25) is 9.59 Å². The van der Waals surface area contributed by atoms with Crippen LogP contribution in [0.25, 0.3) is 0 Å². The van der Waals surface area contributed by atoms with Crippen LogP contribution in [-0.4, -0.2) is 28.9 Å². The molecule has 1 saturated heterocycles. The fourth-order valence-corrected chi connectivity index (χ4v) is 2.11. The molecule has 3 aliphatic rings. The standard InChI is InChI=1S/C10H10O5/c1-4(11)5-3-8-7(9(12)13)2-6(5)10(14)15-8/h2,5-6,8H,3H2,1H3,(H,12,13)/t5-,6+,8+/m1/s1. The van der Waals surface area contributed by atoms with Crippen molar-refractivity contribution < 1.29 is 24.2 Å². The van der Waals surface area contributed by atoms with Crippen LogP contribution in [0.3, 0.4) is 0 Å². The molecule has 5 heteroatoms. The van der Waals surface area contributed by atoms with Crippen molar-refractivity contribution in [1.82, 2.24) is 0 Å². The summed E-state index contributed by atoms with van der Waals surface area (Å²) in [5.74, 6) is -2.80. The minimum atomic E-state index is -1.08. The molecular weight excluding hydrogens is 200 g/mol. The summed E-state index contributed by atoms with van der Waals surface area (Å²) in [5.41, 5.74) is 0.0945. The van der Waals surface area contributed by atoms with Gasteiger partial charge in [-0.15, -0.1) is 0 Å². The van der Waals surface area contributed by atoms with Crippen LogP contribution in [-0.2, 0) is 19.1 Å². The maximum atomic E-state index is 11.3. The number of rotatable bonds is 2. The lowest BCUT2D eigenvalue weighted by Gasteiger charge is -2.37. The predicted molar refractivity (Wildman–Crippen MR) is 47.9 cm³/mol. The number of hydrogen-bond acceptors (Lipinski definition) is 4. The quantitative estimate of drug-likeness (QED) is 0.656. The van der Waals surface area contributed by atoms with E-state index in [1.807, 2.05) is 0 Å². The van der Waals surface area contributed by atoms with Crippen LogP contribution in [0.2, 0.25) is 0 Å². The van der Waals surface area contributed by atoms with E-state index in [0.717, 1.165) is 0 Å². The van der Waals surface area contributed by atoms with Gasteiger partial charge in [0.1, 0.15) is 11.9 Å². The average molecular weight is 210 g/mol. The Bertz CT molecular complexity index is 381. The van der Waals surface area contributed by atoms with Crippen LogP contribution < -0.4 is 0 Å². The van der Waals surface area contributed by atoms with E-state index < -0.39 is 29.9 Å². The average Bonchev–Trinajstić information content (AvgIpc) is 2.16. The summed E-state index contributed by atoms with van der Waals surface area (Å²) in [5, 5.41) is 8.83. The first-order valence-electron chi connectivity index (χ1n) is 4.66. The first-order valence-corrected chi connectivity index (χ1v) is 4.66. The fourth-order valence-electron chi connectivity index (χ4n) is 2.11. The molecule has 0 saturated carbocycles. The van der Waals surface area contributed by atoms with Gasteiger partial charge in [-0.2, -0.15) is 0 Å². The van der Waals surface area contributed by atoms with E-state index in [0.29, 0.717) is 6.42 Å². The zero-order valence-corrected chi connectivity index (χ0v) is 8.10. The molecule has 0 spiro atoms. The lowest BCUT2D eigenvalue weighted by atomic mass is 9.75. The van der Waals surface area contributed by atoms with Crippen LogP contribution in [0.4, 0.5) is 0 Å². The van der Waals surface area contributed by atoms with Gasteiger partial charge in [0, 0.05) is 5.92 Å². The maximum absolute atomic E-state index is 11.3. The van der Waals surface area contributed by atoms with Gasteiger partial charge in [-0.25, -0.2) is 4.79 Å². The minimum absolute atomic E-state index is 0.0945. The second kappa shape index (κ2) is 3.18. The number of ether oxygens (including phenoxy) is 1. The second-order valence-electron chi connectivity index (χ2n) is 3.83. The van der Waals surface area contributed by atoms with Gasteiger partial charge in [0.15, 0.2) is 0 Å². The monoisotopic (exact) mass is 210 g/mol. The third kappa shape index (κ3) is 1.44. The molecule has 0 aromatic rings. The fraction of sp³-hybridized carbons (Fsp3) is 0.500. The molecule has 80 valence electrons. The largest absolute Gasteiger partial charge is 0.478 e. The van der Waals surface area contributed by atoms with E-state index in [9.17, 15) is 14.4 Å². The number of carbonyl (C=O) groups excluding carboxylic acids is 2. The highest BCUT2D eigenvalue weighted by Crippen LogP contribution is 2.38. The molecule has 2 aliphatic heterocycles. The summed E-state index contributed by atoms with van der Waals surface area (Å²) in [6.45, 7) is 1.41. The topological polar surface area (TPSA) is 80.7 Å². The number of ketones is 1. The number of esters is 1. The summed E-state index contributed by atoms with van der Waals surface area (Å²) in [6, 6.07) is 0. The number of fused-ring (bicyclic) bond motifs is 2. The van der Waals surface area contributed by atoms with E-state index in [4.69, 9.17) is 9.84 Å². The van der Waals surface area contributed by atoms with E-state index in [1.165, 1.54) is 13.0 Å². The number of carbonyl (C=O) groups is 3. The van der Waals surface area contributed by atoms with Gasteiger partial charge in [0.2, 0.25) is 0 Å². The number of hydrogen-bond donors (Lipinski definition) is 1. The van der Waals surface area contributed by atoms with E-state index in [-0.39, 0.29) is 11.4 Å². The molecule has 3 atom stereocenters. The summed E-state index contributed by atoms with van der Waals surface area (Å²) in [6.07, 6.45) is 0.895. The summed E-state index contributed by atoms with van der Waals surface area (Å²) in [4.78, 5) is 33.3. The number of carboxylic acids is 1. The van der Waals surface area contributed by atoms with Gasteiger partial charge >= 0.3 is 11.9 Å². The molecule has 0 aromatic heterocycles. The van der Waals surface area contributed by atoms with Crippen molar-refractivity contribution in [3.8, 4) is 0 Å². The highest BCUT2D eigenvalue weighted by molar-refractivity contribution is 5.95. The van der Waals surface area contributed by atoms with Gasteiger partial charge in [-0.1, -0.05) is 6.08 Å². The lowest BCUT2D eigenvalue weighted by molar-refractivity contribution is -0.166. The summed E-state index contributed by atoms with van der Waals surface area (Å²) < 4.78 is 4.90. The molecule has 3 rings (SSSR count). The van der Waals surface area contributed by atoms with Gasteiger partial charge in [0.05, 0.1) is 11.5 Å². The van der Waals surface area contributed by atoms with E-state index in [2.05, 4.69) is 0 Å². The first-order chi connectivity index (χ1) is 7.00. The van der Waals surface area contributed by atoms with E-state index >= 15 is 0 Å². The molecule has 0 amide bonds. The molecular formula is C10H10O5. The minimum Gasteiger partial charge on any atom is -0.478 e. The van der Waals surface area contributed by atoms with Crippen LogP contribution >= 0.6 is 0 Å². The highest BCUT2D eigenvalue weighted by Gasteiger charge is 2.47. The van der Waals surface area contributed by atoms with Crippen LogP contribution in [0.5, 0.6) is 0 Å². The molecule has 2 heterocycles. The third-order valence-electron chi connectivity index (χ3n) is 2.91. The maximum Gasteiger partial charge on any atom is 0.335 e. The van der Waals surface area contributed by atoms with Gasteiger partial charge < -0.3 is 9.84 Å². The summed E-state index contributed by atoms with van der Waals surface area (Å²) >= 11 is 0. The number of carboxylic acid groups (broad SMARTS) is 1. The summed E-state index contributed by atoms with van der Waals surface area (Å²) in [7, 11) is 0. The van der Waals surface area contributed by atoms with Crippen LogP contribution in [0, 0.1) is 11.8 Å². The predicted octanol–water partition coefficient (Wildman–Crippen LogP) is 0.148. The molecule has 1 aliphatic carbocycles. The zero-order valence-electron chi connectivity index (χ0n) is 8.10. The number of Topliss-reactive ketones (excluding diaryl/α,β-unsaturated/α-hetero) is 1. The third-order valence-corrected chi connectivity index (χ3v) is 2.91. The molecule has 5 nitrogen and oxygen atoms in total. The van der Waals surface area contributed by atoms with Crippen molar-refractivity contribution in [1.29, 1.82) is 0 Å². The molecule has 0 unspecified atom stereocenters. The Hall–Kier alpha value is -1.65. The molecule has 1 N–H and O–H groups in total. The van der Waals surface area contributed by atoms with E-state index in [1.54, 1.807) is 0 Å². The van der Waals surface area contributed by atoms with Crippen LogP contribution in [0.15, 0.2) is 11.6 Å². The Morgan fingerprint density at radius 1 is 1.53 bits per heavy atom. The Kier molecular flexibility index (Phi) is 2.10. The first kappa shape index (κ1) is 9.89. The Morgan fingerprint density at radius 2 is 2.20 bits per heavy atom. The van der Waals surface area contributed by atoms with Crippen molar-refractivity contribution in [2.75, 3.05) is 0 Å². The van der Waals surface area contributed by atoms with Gasteiger partial charge in [0.25, 0.3) is 0 Å². The zero-order chi connectivity index (χ0) is 11.2. The Morgan fingerprint density at radius 3 is 2.67 bits per heavy atom. The highest BCUT2D eigenvalue weighted by atomic mass is 16.5.